The maximum Gasteiger partial charge on any atom is 0.333 e. The molecule has 8 heteroatoms. The van der Waals surface area contributed by atoms with Gasteiger partial charge in [0, 0.05) is 27.2 Å². The molecule has 0 saturated heterocycles. The SMILES string of the molecule is CCOC(=O)C(Nc1cc(OC)cc(SC)c1)c1ccc(Cl)cc1OCCOCc1ccccc1. The van der Waals surface area contributed by atoms with E-state index in [9.17, 15) is 4.79 Å². The Bertz CT molecular complexity index is 1070. The lowest BCUT2D eigenvalue weighted by Gasteiger charge is -2.22. The Hall–Kier alpha value is -2.87. The zero-order chi connectivity index (χ0) is 25.0. The van der Waals surface area contributed by atoms with Crippen LogP contribution in [0.3, 0.4) is 0 Å². The number of anilines is 1. The fourth-order valence-corrected chi connectivity index (χ4v) is 4.03. The van der Waals surface area contributed by atoms with Gasteiger partial charge in [-0.25, -0.2) is 4.79 Å². The van der Waals surface area contributed by atoms with Crippen molar-refractivity contribution in [3.05, 3.63) is 82.9 Å². The van der Waals surface area contributed by atoms with Crippen LogP contribution in [0.1, 0.15) is 24.1 Å². The van der Waals surface area contributed by atoms with Crippen LogP contribution >= 0.6 is 23.4 Å². The number of benzene rings is 3. The third kappa shape index (κ3) is 8.09. The second-order valence-electron chi connectivity index (χ2n) is 7.50. The van der Waals surface area contributed by atoms with Crippen molar-refractivity contribution < 1.29 is 23.7 Å². The van der Waals surface area contributed by atoms with E-state index in [1.54, 1.807) is 44.0 Å². The number of halogens is 1. The molecule has 0 heterocycles. The average molecular weight is 516 g/mol. The van der Waals surface area contributed by atoms with E-state index >= 15 is 0 Å². The van der Waals surface area contributed by atoms with Crippen molar-refractivity contribution in [2.45, 2.75) is 24.5 Å². The van der Waals surface area contributed by atoms with Crippen LogP contribution in [0.4, 0.5) is 5.69 Å². The monoisotopic (exact) mass is 515 g/mol. The fourth-order valence-electron chi connectivity index (χ4n) is 3.39. The van der Waals surface area contributed by atoms with Gasteiger partial charge in [-0.3, -0.25) is 0 Å². The zero-order valence-corrected chi connectivity index (χ0v) is 21.7. The molecule has 3 aromatic carbocycles. The van der Waals surface area contributed by atoms with Crippen molar-refractivity contribution >= 4 is 35.0 Å². The summed E-state index contributed by atoms with van der Waals surface area (Å²) in [5.41, 5.74) is 2.42. The summed E-state index contributed by atoms with van der Waals surface area (Å²) in [6.07, 6.45) is 1.98. The molecule has 0 aromatic heterocycles. The van der Waals surface area contributed by atoms with E-state index in [1.165, 1.54) is 0 Å². The van der Waals surface area contributed by atoms with Gasteiger partial charge in [0.2, 0.25) is 0 Å². The highest BCUT2D eigenvalue weighted by molar-refractivity contribution is 7.98. The molecule has 6 nitrogen and oxygen atoms in total. The van der Waals surface area contributed by atoms with Crippen LogP contribution in [0.2, 0.25) is 5.02 Å². The Morgan fingerprint density at radius 1 is 1.06 bits per heavy atom. The highest BCUT2D eigenvalue weighted by Gasteiger charge is 2.26. The quantitative estimate of drug-likeness (QED) is 0.161. The molecule has 3 rings (SSSR count). The summed E-state index contributed by atoms with van der Waals surface area (Å²) in [6.45, 7) is 3.20. The molecule has 35 heavy (non-hydrogen) atoms. The molecular formula is C27H30ClNO5S. The highest BCUT2D eigenvalue weighted by atomic mass is 35.5. The van der Waals surface area contributed by atoms with Crippen LogP contribution in [0, 0.1) is 0 Å². The Labute approximate surface area is 215 Å². The molecule has 0 aliphatic heterocycles. The number of carbonyl (C=O) groups is 1. The van der Waals surface area contributed by atoms with Gasteiger partial charge in [0.05, 0.1) is 26.9 Å². The topological polar surface area (TPSA) is 66.0 Å². The minimum absolute atomic E-state index is 0.252. The van der Waals surface area contributed by atoms with Gasteiger partial charge >= 0.3 is 5.97 Å². The molecular weight excluding hydrogens is 486 g/mol. The van der Waals surface area contributed by atoms with Gasteiger partial charge in [-0.1, -0.05) is 48.0 Å². The van der Waals surface area contributed by atoms with Gasteiger partial charge in [0.25, 0.3) is 0 Å². The summed E-state index contributed by atoms with van der Waals surface area (Å²) in [4.78, 5) is 14.0. The smallest absolute Gasteiger partial charge is 0.333 e. The first-order valence-electron chi connectivity index (χ1n) is 11.2. The average Bonchev–Trinajstić information content (AvgIpc) is 2.88. The largest absolute Gasteiger partial charge is 0.497 e. The van der Waals surface area contributed by atoms with Crippen LogP contribution in [0.15, 0.2) is 71.6 Å². The van der Waals surface area contributed by atoms with E-state index in [4.69, 9.17) is 30.5 Å². The predicted octanol–water partition coefficient (Wildman–Crippen LogP) is 6.38. The first kappa shape index (κ1) is 26.7. The Balaban J connectivity index is 1.78. The van der Waals surface area contributed by atoms with E-state index in [0.717, 1.165) is 16.1 Å². The summed E-state index contributed by atoms with van der Waals surface area (Å²) in [5, 5.41) is 3.79. The van der Waals surface area contributed by atoms with Crippen molar-refractivity contribution in [3.63, 3.8) is 0 Å². The molecule has 0 amide bonds. The van der Waals surface area contributed by atoms with Gasteiger partial charge in [0.1, 0.15) is 18.1 Å². The minimum atomic E-state index is -0.811. The van der Waals surface area contributed by atoms with Crippen molar-refractivity contribution in [3.8, 4) is 11.5 Å². The van der Waals surface area contributed by atoms with Gasteiger partial charge in [-0.15, -0.1) is 11.8 Å². The first-order chi connectivity index (χ1) is 17.0. The van der Waals surface area contributed by atoms with Crippen molar-refractivity contribution in [1.82, 2.24) is 0 Å². The molecule has 0 saturated carbocycles. The lowest BCUT2D eigenvalue weighted by Crippen LogP contribution is -2.24. The first-order valence-corrected chi connectivity index (χ1v) is 12.8. The van der Waals surface area contributed by atoms with Crippen molar-refractivity contribution in [2.24, 2.45) is 0 Å². The number of esters is 1. The fraction of sp³-hybridized carbons (Fsp3) is 0.296. The summed E-state index contributed by atoms with van der Waals surface area (Å²) >= 11 is 7.84. The summed E-state index contributed by atoms with van der Waals surface area (Å²) in [7, 11) is 1.61. The lowest BCUT2D eigenvalue weighted by atomic mass is 10.0. The molecule has 0 fully saturated rings. The molecule has 3 aromatic rings. The number of ether oxygens (including phenoxy) is 4. The number of carbonyl (C=O) groups excluding carboxylic acids is 1. The van der Waals surface area contributed by atoms with Crippen LogP contribution < -0.4 is 14.8 Å². The normalized spacial score (nSPS) is 11.5. The van der Waals surface area contributed by atoms with E-state index in [1.807, 2.05) is 54.8 Å². The van der Waals surface area contributed by atoms with Crippen LogP contribution in [-0.2, 0) is 20.9 Å². The number of hydrogen-bond acceptors (Lipinski definition) is 7. The van der Waals surface area contributed by atoms with Crippen molar-refractivity contribution in [2.75, 3.05) is 38.5 Å². The molecule has 186 valence electrons. The molecule has 0 aliphatic carbocycles. The van der Waals surface area contributed by atoms with E-state index in [0.29, 0.717) is 41.9 Å². The van der Waals surface area contributed by atoms with Gasteiger partial charge in [-0.2, -0.15) is 0 Å². The van der Waals surface area contributed by atoms with Crippen molar-refractivity contribution in [1.29, 1.82) is 0 Å². The summed E-state index contributed by atoms with van der Waals surface area (Å²) in [5.74, 6) is 0.748. The van der Waals surface area contributed by atoms with Gasteiger partial charge < -0.3 is 24.3 Å². The number of hydrogen-bond donors (Lipinski definition) is 1. The Morgan fingerprint density at radius 3 is 2.57 bits per heavy atom. The zero-order valence-electron chi connectivity index (χ0n) is 20.1. The summed E-state index contributed by atoms with van der Waals surface area (Å²) in [6, 6.07) is 20.0. The third-order valence-corrected chi connectivity index (χ3v) is 6.01. The second kappa shape index (κ2) is 13.9. The Kier molecular flexibility index (Phi) is 10.6. The molecule has 0 spiro atoms. The predicted molar refractivity (Wildman–Crippen MR) is 141 cm³/mol. The number of methoxy groups -OCH3 is 1. The van der Waals surface area contributed by atoms with Crippen LogP contribution in [0.25, 0.3) is 0 Å². The Morgan fingerprint density at radius 2 is 1.86 bits per heavy atom. The maximum atomic E-state index is 13.0. The molecule has 0 aliphatic rings. The molecule has 0 radical (unpaired) electrons. The molecule has 1 N–H and O–H groups in total. The molecule has 1 atom stereocenters. The number of thioether (sulfide) groups is 1. The van der Waals surface area contributed by atoms with E-state index in [-0.39, 0.29) is 6.61 Å². The number of rotatable bonds is 13. The van der Waals surface area contributed by atoms with E-state index in [2.05, 4.69) is 5.32 Å². The summed E-state index contributed by atoms with van der Waals surface area (Å²) < 4.78 is 22.5. The van der Waals surface area contributed by atoms with Crippen LogP contribution in [0.5, 0.6) is 11.5 Å². The second-order valence-corrected chi connectivity index (χ2v) is 8.82. The minimum Gasteiger partial charge on any atom is -0.497 e. The van der Waals surface area contributed by atoms with Crippen LogP contribution in [-0.4, -0.2) is 39.2 Å². The maximum absolute atomic E-state index is 13.0. The van der Waals surface area contributed by atoms with E-state index < -0.39 is 12.0 Å². The molecule has 0 bridgehead atoms. The lowest BCUT2D eigenvalue weighted by molar-refractivity contribution is -0.144. The van der Waals surface area contributed by atoms with Gasteiger partial charge in [0.15, 0.2) is 6.04 Å². The highest BCUT2D eigenvalue weighted by Crippen LogP contribution is 2.34. The third-order valence-electron chi connectivity index (χ3n) is 5.07. The number of nitrogens with one attached hydrogen (secondary N) is 1. The van der Waals surface area contributed by atoms with Gasteiger partial charge in [-0.05, 0) is 43.0 Å². The molecule has 1 unspecified atom stereocenters. The standard InChI is InChI=1S/C27H30ClNO5S/c1-4-33-27(30)26(29-21-15-22(31-2)17-23(16-21)35-3)24-11-10-20(28)14-25(24)34-13-12-32-18-19-8-6-5-7-9-19/h5-11,14-17,26,29H,4,12-13,18H2,1-3H3.